The molecular formula is C11H9NO. The summed E-state index contributed by atoms with van der Waals surface area (Å²) in [7, 11) is 0. The Bertz CT molecular complexity index is 403. The minimum atomic E-state index is 0.700. The van der Waals surface area contributed by atoms with E-state index in [0.29, 0.717) is 5.56 Å². The number of benzene rings is 1. The molecule has 1 aromatic heterocycles. The number of hydrogen-bond donors (Lipinski definition) is 1. The lowest BCUT2D eigenvalue weighted by Gasteiger charge is -1.97. The van der Waals surface area contributed by atoms with E-state index in [1.807, 2.05) is 30.3 Å². The first-order valence-electron chi connectivity index (χ1n) is 4.10. The molecule has 2 nitrogen and oxygen atoms in total. The van der Waals surface area contributed by atoms with E-state index in [1.165, 1.54) is 0 Å². The third-order valence-corrected chi connectivity index (χ3v) is 1.97. The van der Waals surface area contributed by atoms with Crippen molar-refractivity contribution in [1.29, 1.82) is 0 Å². The molecule has 0 aliphatic rings. The topological polar surface area (TPSA) is 32.9 Å². The summed E-state index contributed by atoms with van der Waals surface area (Å²) < 4.78 is 0. The average Bonchev–Trinajstić information content (AvgIpc) is 2.67. The van der Waals surface area contributed by atoms with E-state index in [4.69, 9.17) is 0 Å². The van der Waals surface area contributed by atoms with E-state index < -0.39 is 0 Å². The summed E-state index contributed by atoms with van der Waals surface area (Å²) in [5.74, 6) is 0. The Kier molecular flexibility index (Phi) is 1.96. The summed E-state index contributed by atoms with van der Waals surface area (Å²) in [6.07, 6.45) is 2.63. The van der Waals surface area contributed by atoms with E-state index >= 15 is 0 Å². The lowest BCUT2D eigenvalue weighted by molar-refractivity contribution is 0.112. The first kappa shape index (κ1) is 7.80. The highest BCUT2D eigenvalue weighted by Crippen LogP contribution is 2.19. The number of hydrogen-bond acceptors (Lipinski definition) is 1. The van der Waals surface area contributed by atoms with Crippen molar-refractivity contribution in [2.24, 2.45) is 0 Å². The molecule has 0 saturated heterocycles. The molecule has 0 saturated carbocycles. The minimum absolute atomic E-state index is 0.700. The Morgan fingerprint density at radius 2 is 1.85 bits per heavy atom. The highest BCUT2D eigenvalue weighted by Gasteiger charge is 2.03. The van der Waals surface area contributed by atoms with Crippen LogP contribution in [0, 0.1) is 0 Å². The zero-order valence-corrected chi connectivity index (χ0v) is 7.03. The van der Waals surface area contributed by atoms with E-state index in [0.717, 1.165) is 17.5 Å². The van der Waals surface area contributed by atoms with Gasteiger partial charge < -0.3 is 4.98 Å². The van der Waals surface area contributed by atoms with Crippen LogP contribution in [-0.4, -0.2) is 11.3 Å². The predicted molar refractivity (Wildman–Crippen MR) is 51.6 cm³/mol. The van der Waals surface area contributed by atoms with Crippen LogP contribution in [-0.2, 0) is 0 Å². The van der Waals surface area contributed by atoms with Gasteiger partial charge in [0.15, 0.2) is 6.29 Å². The second-order valence-electron chi connectivity index (χ2n) is 2.79. The molecule has 0 bridgehead atoms. The lowest BCUT2D eigenvalue weighted by atomic mass is 10.1. The van der Waals surface area contributed by atoms with E-state index in [9.17, 15) is 4.79 Å². The van der Waals surface area contributed by atoms with E-state index in [2.05, 4.69) is 4.98 Å². The van der Waals surface area contributed by atoms with Crippen molar-refractivity contribution < 1.29 is 4.79 Å². The Morgan fingerprint density at radius 3 is 2.54 bits per heavy atom. The normalized spacial score (nSPS) is 9.85. The largest absolute Gasteiger partial charge is 0.361 e. The van der Waals surface area contributed by atoms with Gasteiger partial charge in [-0.3, -0.25) is 4.79 Å². The van der Waals surface area contributed by atoms with Gasteiger partial charge in [-0.25, -0.2) is 0 Å². The molecule has 0 spiro atoms. The maximum absolute atomic E-state index is 10.6. The fourth-order valence-electron chi connectivity index (χ4n) is 1.33. The van der Waals surface area contributed by atoms with Gasteiger partial charge in [-0.05, 0) is 11.6 Å². The van der Waals surface area contributed by atoms with Crippen molar-refractivity contribution >= 4 is 6.29 Å². The molecule has 0 aliphatic carbocycles. The Morgan fingerprint density at radius 1 is 1.08 bits per heavy atom. The van der Waals surface area contributed by atoms with Crippen LogP contribution in [0.5, 0.6) is 0 Å². The average molecular weight is 171 g/mol. The van der Waals surface area contributed by atoms with Crippen LogP contribution in [0.1, 0.15) is 10.4 Å². The maximum Gasteiger partial charge on any atom is 0.152 e. The van der Waals surface area contributed by atoms with Crippen molar-refractivity contribution in [3.05, 3.63) is 48.2 Å². The SMILES string of the molecule is O=Cc1cc[nH]c1-c1ccccc1. The molecule has 13 heavy (non-hydrogen) atoms. The van der Waals surface area contributed by atoms with Crippen molar-refractivity contribution in [3.63, 3.8) is 0 Å². The number of aromatic amines is 1. The summed E-state index contributed by atoms with van der Waals surface area (Å²) in [5.41, 5.74) is 2.62. The number of carbonyl (C=O) groups is 1. The van der Waals surface area contributed by atoms with E-state index in [-0.39, 0.29) is 0 Å². The highest BCUT2D eigenvalue weighted by molar-refractivity contribution is 5.85. The Labute approximate surface area is 76.2 Å². The van der Waals surface area contributed by atoms with Crippen LogP contribution in [0.15, 0.2) is 42.6 Å². The van der Waals surface area contributed by atoms with Crippen LogP contribution in [0.2, 0.25) is 0 Å². The number of rotatable bonds is 2. The molecule has 1 N–H and O–H groups in total. The summed E-state index contributed by atoms with van der Waals surface area (Å²) in [6, 6.07) is 11.6. The van der Waals surface area contributed by atoms with Gasteiger partial charge >= 0.3 is 0 Å². The summed E-state index contributed by atoms with van der Waals surface area (Å²) in [6.45, 7) is 0. The molecule has 0 atom stereocenters. The first-order chi connectivity index (χ1) is 6.42. The van der Waals surface area contributed by atoms with Gasteiger partial charge in [-0.15, -0.1) is 0 Å². The van der Waals surface area contributed by atoms with Crippen molar-refractivity contribution in [2.45, 2.75) is 0 Å². The molecule has 2 rings (SSSR count). The molecule has 1 heterocycles. The second kappa shape index (κ2) is 3.27. The number of carbonyl (C=O) groups excluding carboxylic acids is 1. The number of H-pyrrole nitrogens is 1. The maximum atomic E-state index is 10.6. The van der Waals surface area contributed by atoms with Gasteiger partial charge in [0.1, 0.15) is 0 Å². The number of aldehydes is 1. The van der Waals surface area contributed by atoms with Crippen LogP contribution >= 0.6 is 0 Å². The van der Waals surface area contributed by atoms with Gasteiger partial charge in [-0.1, -0.05) is 30.3 Å². The van der Waals surface area contributed by atoms with Crippen LogP contribution in [0.4, 0.5) is 0 Å². The fourth-order valence-corrected chi connectivity index (χ4v) is 1.33. The van der Waals surface area contributed by atoms with Gasteiger partial charge in [0.2, 0.25) is 0 Å². The first-order valence-corrected chi connectivity index (χ1v) is 4.10. The van der Waals surface area contributed by atoms with Crippen molar-refractivity contribution in [3.8, 4) is 11.3 Å². The zero-order valence-electron chi connectivity index (χ0n) is 7.03. The molecule has 2 heteroatoms. The zero-order chi connectivity index (χ0) is 9.10. The molecule has 0 aliphatic heterocycles. The third-order valence-electron chi connectivity index (χ3n) is 1.97. The molecule has 2 aromatic rings. The Hall–Kier alpha value is -1.83. The molecule has 64 valence electrons. The quantitative estimate of drug-likeness (QED) is 0.692. The van der Waals surface area contributed by atoms with Crippen LogP contribution in [0.3, 0.4) is 0 Å². The number of aromatic nitrogens is 1. The fraction of sp³-hybridized carbons (Fsp3) is 0. The number of nitrogens with one attached hydrogen (secondary N) is 1. The second-order valence-corrected chi connectivity index (χ2v) is 2.79. The lowest BCUT2D eigenvalue weighted by Crippen LogP contribution is -1.82. The molecule has 0 radical (unpaired) electrons. The van der Waals surface area contributed by atoms with Gasteiger partial charge in [0.25, 0.3) is 0 Å². The minimum Gasteiger partial charge on any atom is -0.361 e. The molecular weight excluding hydrogens is 162 g/mol. The van der Waals surface area contributed by atoms with Gasteiger partial charge in [0.05, 0.1) is 5.69 Å². The Balaban J connectivity index is 2.52. The van der Waals surface area contributed by atoms with Crippen molar-refractivity contribution in [1.82, 2.24) is 4.98 Å². The summed E-state index contributed by atoms with van der Waals surface area (Å²) in [5, 5.41) is 0. The molecule has 1 aromatic carbocycles. The van der Waals surface area contributed by atoms with Gasteiger partial charge in [0, 0.05) is 11.8 Å². The predicted octanol–water partition coefficient (Wildman–Crippen LogP) is 2.49. The van der Waals surface area contributed by atoms with Crippen LogP contribution < -0.4 is 0 Å². The summed E-state index contributed by atoms with van der Waals surface area (Å²) >= 11 is 0. The third kappa shape index (κ3) is 1.38. The molecule has 0 fully saturated rings. The smallest absolute Gasteiger partial charge is 0.152 e. The van der Waals surface area contributed by atoms with Gasteiger partial charge in [-0.2, -0.15) is 0 Å². The van der Waals surface area contributed by atoms with Crippen molar-refractivity contribution in [2.75, 3.05) is 0 Å². The standard InChI is InChI=1S/C11H9NO/c13-8-10-6-7-12-11(10)9-4-2-1-3-5-9/h1-8,12H. The highest BCUT2D eigenvalue weighted by atomic mass is 16.1. The molecule has 0 unspecified atom stereocenters. The van der Waals surface area contributed by atoms with Crippen LogP contribution in [0.25, 0.3) is 11.3 Å². The monoisotopic (exact) mass is 171 g/mol. The molecule has 0 amide bonds. The summed E-state index contributed by atoms with van der Waals surface area (Å²) in [4.78, 5) is 13.7. The van der Waals surface area contributed by atoms with E-state index in [1.54, 1.807) is 12.3 Å².